The van der Waals surface area contributed by atoms with Crippen molar-refractivity contribution in [3.63, 3.8) is 0 Å². The van der Waals surface area contributed by atoms with E-state index in [-0.39, 0.29) is 16.4 Å². The van der Waals surface area contributed by atoms with Crippen LogP contribution < -0.4 is 5.32 Å². The van der Waals surface area contributed by atoms with Gasteiger partial charge in [0.2, 0.25) is 0 Å². The molecule has 0 radical (unpaired) electrons. The zero-order valence-corrected chi connectivity index (χ0v) is 10.0. The number of hydrogen-bond donors (Lipinski definition) is 1. The molecule has 0 aromatic heterocycles. The number of nitro groups is 1. The molecule has 1 aromatic rings. The van der Waals surface area contributed by atoms with Crippen molar-refractivity contribution in [2.45, 2.75) is 13.0 Å². The summed E-state index contributed by atoms with van der Waals surface area (Å²) in [5, 5.41) is 13.3. The summed E-state index contributed by atoms with van der Waals surface area (Å²) in [6.07, 6.45) is -0.662. The number of nitrogens with zero attached hydrogens (tertiary/aromatic N) is 1. The standard InChI is InChI=1S/C10H11ClN2O4/c1-6(17-2)10(14)12-9-5-7(13(15)16)3-4-8(9)11/h3-6H,1-2H3,(H,12,14). The summed E-state index contributed by atoms with van der Waals surface area (Å²) in [4.78, 5) is 21.5. The van der Waals surface area contributed by atoms with Gasteiger partial charge in [-0.05, 0) is 13.0 Å². The van der Waals surface area contributed by atoms with Gasteiger partial charge in [0.05, 0.1) is 15.6 Å². The lowest BCUT2D eigenvalue weighted by Gasteiger charge is -2.11. The minimum absolute atomic E-state index is 0.144. The normalized spacial score (nSPS) is 11.9. The summed E-state index contributed by atoms with van der Waals surface area (Å²) < 4.78 is 4.81. The van der Waals surface area contributed by atoms with E-state index in [9.17, 15) is 14.9 Å². The molecule has 0 saturated heterocycles. The van der Waals surface area contributed by atoms with Crippen LogP contribution in [0.2, 0.25) is 5.02 Å². The lowest BCUT2D eigenvalue weighted by Crippen LogP contribution is -2.26. The first-order valence-corrected chi connectivity index (χ1v) is 5.11. The second kappa shape index (κ2) is 5.60. The number of halogens is 1. The highest BCUT2D eigenvalue weighted by Crippen LogP contribution is 2.26. The third-order valence-electron chi connectivity index (χ3n) is 2.14. The Labute approximate surface area is 103 Å². The molecule has 1 rings (SSSR count). The molecule has 0 aliphatic carbocycles. The molecule has 92 valence electrons. The monoisotopic (exact) mass is 258 g/mol. The number of benzene rings is 1. The van der Waals surface area contributed by atoms with Crippen LogP contribution in [0.5, 0.6) is 0 Å². The first-order valence-electron chi connectivity index (χ1n) is 4.73. The molecule has 0 bridgehead atoms. The van der Waals surface area contributed by atoms with Crippen LogP contribution in [0.1, 0.15) is 6.92 Å². The minimum atomic E-state index is -0.662. The van der Waals surface area contributed by atoms with Gasteiger partial charge in [0.25, 0.3) is 11.6 Å². The van der Waals surface area contributed by atoms with E-state index in [0.717, 1.165) is 0 Å². The van der Waals surface area contributed by atoms with Crippen LogP contribution in [0.15, 0.2) is 18.2 Å². The van der Waals surface area contributed by atoms with Crippen LogP contribution in [0, 0.1) is 10.1 Å². The zero-order valence-electron chi connectivity index (χ0n) is 9.27. The Morgan fingerprint density at radius 2 is 2.24 bits per heavy atom. The maximum absolute atomic E-state index is 11.5. The third-order valence-corrected chi connectivity index (χ3v) is 2.47. The first kappa shape index (κ1) is 13.4. The maximum atomic E-state index is 11.5. The average molecular weight is 259 g/mol. The van der Waals surface area contributed by atoms with Crippen molar-refractivity contribution in [3.05, 3.63) is 33.3 Å². The average Bonchev–Trinajstić information content (AvgIpc) is 2.30. The Kier molecular flexibility index (Phi) is 4.42. The summed E-state index contributed by atoms with van der Waals surface area (Å²) in [6.45, 7) is 1.56. The predicted octanol–water partition coefficient (Wildman–Crippen LogP) is 2.22. The molecule has 0 aliphatic heterocycles. The van der Waals surface area contributed by atoms with Gasteiger partial charge in [-0.3, -0.25) is 14.9 Å². The van der Waals surface area contributed by atoms with Crippen molar-refractivity contribution in [1.29, 1.82) is 0 Å². The molecule has 6 nitrogen and oxygen atoms in total. The fourth-order valence-electron chi connectivity index (χ4n) is 1.06. The van der Waals surface area contributed by atoms with Crippen molar-refractivity contribution >= 4 is 28.9 Å². The summed E-state index contributed by atoms with van der Waals surface area (Å²) in [6, 6.07) is 3.81. The number of hydrogen-bond acceptors (Lipinski definition) is 4. The van der Waals surface area contributed by atoms with Gasteiger partial charge in [0, 0.05) is 19.2 Å². The van der Waals surface area contributed by atoms with Gasteiger partial charge < -0.3 is 10.1 Å². The van der Waals surface area contributed by atoms with E-state index in [1.807, 2.05) is 0 Å². The molecule has 1 atom stereocenters. The zero-order chi connectivity index (χ0) is 13.0. The van der Waals surface area contributed by atoms with Crippen LogP contribution in [0.3, 0.4) is 0 Å². The van der Waals surface area contributed by atoms with Crippen LogP contribution in [0.25, 0.3) is 0 Å². The van der Waals surface area contributed by atoms with E-state index in [4.69, 9.17) is 16.3 Å². The van der Waals surface area contributed by atoms with Gasteiger partial charge in [0.15, 0.2) is 0 Å². The molecule has 17 heavy (non-hydrogen) atoms. The maximum Gasteiger partial charge on any atom is 0.271 e. The van der Waals surface area contributed by atoms with E-state index in [1.54, 1.807) is 6.92 Å². The number of nitro benzene ring substituents is 1. The number of methoxy groups -OCH3 is 1. The highest BCUT2D eigenvalue weighted by molar-refractivity contribution is 6.33. The number of amides is 1. The lowest BCUT2D eigenvalue weighted by molar-refractivity contribution is -0.384. The molecular formula is C10H11ClN2O4. The summed E-state index contributed by atoms with van der Waals surface area (Å²) in [5.41, 5.74) is 0.0459. The molecular weight excluding hydrogens is 248 g/mol. The molecule has 7 heteroatoms. The fourth-order valence-corrected chi connectivity index (χ4v) is 1.23. The Balaban J connectivity index is 2.94. The number of anilines is 1. The van der Waals surface area contributed by atoms with Crippen molar-refractivity contribution in [3.8, 4) is 0 Å². The van der Waals surface area contributed by atoms with Gasteiger partial charge in [-0.2, -0.15) is 0 Å². The largest absolute Gasteiger partial charge is 0.372 e. The lowest BCUT2D eigenvalue weighted by atomic mass is 10.2. The number of rotatable bonds is 4. The Morgan fingerprint density at radius 3 is 2.76 bits per heavy atom. The van der Waals surface area contributed by atoms with Crippen molar-refractivity contribution in [2.24, 2.45) is 0 Å². The number of carbonyl (C=O) groups is 1. The topological polar surface area (TPSA) is 81.5 Å². The molecule has 1 unspecified atom stereocenters. The van der Waals surface area contributed by atoms with Crippen molar-refractivity contribution in [2.75, 3.05) is 12.4 Å². The summed E-state index contributed by atoms with van der Waals surface area (Å²) >= 11 is 5.81. The molecule has 1 N–H and O–H groups in total. The van der Waals surface area contributed by atoms with Gasteiger partial charge in [-0.15, -0.1) is 0 Å². The molecule has 0 heterocycles. The number of non-ortho nitro benzene ring substituents is 1. The highest BCUT2D eigenvalue weighted by atomic mass is 35.5. The number of ether oxygens (including phenoxy) is 1. The predicted molar refractivity (Wildman–Crippen MR) is 63.2 cm³/mol. The van der Waals surface area contributed by atoms with Gasteiger partial charge in [0.1, 0.15) is 6.10 Å². The van der Waals surface area contributed by atoms with Gasteiger partial charge in [-0.25, -0.2) is 0 Å². The van der Waals surface area contributed by atoms with Crippen LogP contribution >= 0.6 is 11.6 Å². The van der Waals surface area contributed by atoms with Crippen LogP contribution in [-0.4, -0.2) is 24.0 Å². The first-order chi connectivity index (χ1) is 7.95. The Hall–Kier alpha value is -1.66. The Bertz CT molecular complexity index is 450. The number of nitrogens with one attached hydrogen (secondary N) is 1. The number of carbonyl (C=O) groups excluding carboxylic acids is 1. The van der Waals surface area contributed by atoms with Crippen LogP contribution in [0.4, 0.5) is 11.4 Å². The van der Waals surface area contributed by atoms with Crippen molar-refractivity contribution < 1.29 is 14.5 Å². The van der Waals surface area contributed by atoms with Gasteiger partial charge in [-0.1, -0.05) is 11.6 Å². The molecule has 1 aromatic carbocycles. The highest BCUT2D eigenvalue weighted by Gasteiger charge is 2.15. The smallest absolute Gasteiger partial charge is 0.271 e. The second-order valence-corrected chi connectivity index (χ2v) is 3.70. The van der Waals surface area contributed by atoms with E-state index in [0.29, 0.717) is 0 Å². The summed E-state index contributed by atoms with van der Waals surface area (Å²) in [7, 11) is 1.39. The quantitative estimate of drug-likeness (QED) is 0.663. The van der Waals surface area contributed by atoms with E-state index in [1.165, 1.54) is 25.3 Å². The fraction of sp³-hybridized carbons (Fsp3) is 0.300. The Morgan fingerprint density at radius 1 is 1.59 bits per heavy atom. The second-order valence-electron chi connectivity index (χ2n) is 3.29. The summed E-state index contributed by atoms with van der Waals surface area (Å²) in [5.74, 6) is -0.421. The van der Waals surface area contributed by atoms with Crippen molar-refractivity contribution in [1.82, 2.24) is 0 Å². The molecule has 0 spiro atoms. The molecule has 1 amide bonds. The van der Waals surface area contributed by atoms with Gasteiger partial charge >= 0.3 is 0 Å². The molecule has 0 saturated carbocycles. The third kappa shape index (κ3) is 3.40. The van der Waals surface area contributed by atoms with E-state index >= 15 is 0 Å². The minimum Gasteiger partial charge on any atom is -0.372 e. The van der Waals surface area contributed by atoms with E-state index < -0.39 is 16.9 Å². The van der Waals surface area contributed by atoms with E-state index in [2.05, 4.69) is 5.32 Å². The molecule has 0 aliphatic rings. The van der Waals surface area contributed by atoms with Crippen LogP contribution in [-0.2, 0) is 9.53 Å². The molecule has 0 fully saturated rings. The SMILES string of the molecule is COC(C)C(=O)Nc1cc([N+](=O)[O-])ccc1Cl.